The van der Waals surface area contributed by atoms with Gasteiger partial charge >= 0.3 is 0 Å². The van der Waals surface area contributed by atoms with E-state index in [1.807, 2.05) is 6.07 Å². The molecule has 2 rings (SSSR count). The first kappa shape index (κ1) is 20.2. The highest BCUT2D eigenvalue weighted by Crippen LogP contribution is 2.29. The van der Waals surface area contributed by atoms with Crippen molar-refractivity contribution in [2.24, 2.45) is 0 Å². The van der Waals surface area contributed by atoms with E-state index in [0.29, 0.717) is 36.6 Å². The molecule has 2 aromatic carbocycles. The summed E-state index contributed by atoms with van der Waals surface area (Å²) in [4.78, 5) is 23.2. The molecule has 0 aliphatic carbocycles. The van der Waals surface area contributed by atoms with E-state index in [2.05, 4.69) is 47.2 Å². The highest BCUT2D eigenvalue weighted by Gasteiger charge is 2.07. The van der Waals surface area contributed by atoms with Crippen LogP contribution in [0.1, 0.15) is 55.5 Å². The zero-order chi connectivity index (χ0) is 19.1. The van der Waals surface area contributed by atoms with Gasteiger partial charge in [0.15, 0.2) is 5.78 Å². The standard InChI is InChI=1S/C21H24BrNO3/c1-14(2)17-8-11-20(19(22)13-17)26-12-4-5-21(25)23-18-9-6-16(7-10-18)15(3)24/h6-11,13-14H,4-5,12H2,1-3H3,(H,23,25). The Morgan fingerprint density at radius 1 is 1.12 bits per heavy atom. The number of hydrogen-bond acceptors (Lipinski definition) is 3. The summed E-state index contributed by atoms with van der Waals surface area (Å²) >= 11 is 3.53. The Bertz CT molecular complexity index is 769. The van der Waals surface area contributed by atoms with Gasteiger partial charge in [-0.25, -0.2) is 0 Å². The summed E-state index contributed by atoms with van der Waals surface area (Å²) in [7, 11) is 0. The molecule has 0 saturated heterocycles. The average Bonchev–Trinajstić information content (AvgIpc) is 2.60. The van der Waals surface area contributed by atoms with Gasteiger partial charge in [-0.3, -0.25) is 9.59 Å². The van der Waals surface area contributed by atoms with Crippen molar-refractivity contribution < 1.29 is 14.3 Å². The third-order valence-corrected chi connectivity index (χ3v) is 4.62. The summed E-state index contributed by atoms with van der Waals surface area (Å²) in [5.74, 6) is 1.19. The lowest BCUT2D eigenvalue weighted by Gasteiger charge is -2.11. The second-order valence-corrected chi connectivity index (χ2v) is 7.33. The van der Waals surface area contributed by atoms with Gasteiger partial charge in [0.1, 0.15) is 5.75 Å². The first-order valence-corrected chi connectivity index (χ1v) is 9.49. The largest absolute Gasteiger partial charge is 0.492 e. The molecule has 0 unspecified atom stereocenters. The first-order valence-electron chi connectivity index (χ1n) is 8.70. The molecule has 0 aliphatic heterocycles. The van der Waals surface area contributed by atoms with Crippen LogP contribution in [0.25, 0.3) is 0 Å². The summed E-state index contributed by atoms with van der Waals surface area (Å²) in [6.45, 7) is 6.28. The predicted octanol–water partition coefficient (Wildman–Crippen LogP) is 5.57. The van der Waals surface area contributed by atoms with E-state index in [1.165, 1.54) is 12.5 Å². The summed E-state index contributed by atoms with van der Waals surface area (Å²) in [5, 5.41) is 2.82. The van der Waals surface area contributed by atoms with Gasteiger partial charge in [-0.1, -0.05) is 19.9 Å². The molecular weight excluding hydrogens is 394 g/mol. The molecule has 0 spiro atoms. The molecule has 4 nitrogen and oxygen atoms in total. The maximum Gasteiger partial charge on any atom is 0.224 e. The summed E-state index contributed by atoms with van der Waals surface area (Å²) in [6.07, 6.45) is 0.992. The number of carbonyl (C=O) groups is 2. The summed E-state index contributed by atoms with van der Waals surface area (Å²) < 4.78 is 6.68. The number of nitrogens with one attached hydrogen (secondary N) is 1. The predicted molar refractivity (Wildman–Crippen MR) is 108 cm³/mol. The van der Waals surface area contributed by atoms with Gasteiger partial charge in [0, 0.05) is 17.7 Å². The van der Waals surface area contributed by atoms with Crippen molar-refractivity contribution in [3.63, 3.8) is 0 Å². The molecule has 138 valence electrons. The monoisotopic (exact) mass is 417 g/mol. The molecular formula is C21H24BrNO3. The lowest BCUT2D eigenvalue weighted by molar-refractivity contribution is -0.116. The van der Waals surface area contributed by atoms with E-state index in [4.69, 9.17) is 4.74 Å². The third kappa shape index (κ3) is 5.99. The molecule has 0 fully saturated rings. The van der Waals surface area contributed by atoms with Gasteiger partial charge in [0.05, 0.1) is 11.1 Å². The van der Waals surface area contributed by atoms with Crippen LogP contribution in [0.3, 0.4) is 0 Å². The Morgan fingerprint density at radius 2 is 1.81 bits per heavy atom. The van der Waals surface area contributed by atoms with E-state index in [-0.39, 0.29) is 11.7 Å². The Balaban J connectivity index is 1.75. The van der Waals surface area contributed by atoms with Gasteiger partial charge in [-0.2, -0.15) is 0 Å². The number of amides is 1. The quantitative estimate of drug-likeness (QED) is 0.450. The van der Waals surface area contributed by atoms with E-state index >= 15 is 0 Å². The number of anilines is 1. The molecule has 0 heterocycles. The van der Waals surface area contributed by atoms with E-state index < -0.39 is 0 Å². The molecule has 0 saturated carbocycles. The van der Waals surface area contributed by atoms with Crippen LogP contribution in [0.4, 0.5) is 5.69 Å². The Hall–Kier alpha value is -2.14. The van der Waals surface area contributed by atoms with Crippen molar-refractivity contribution in [2.45, 2.75) is 39.5 Å². The number of hydrogen-bond donors (Lipinski definition) is 1. The smallest absolute Gasteiger partial charge is 0.224 e. The van der Waals surface area contributed by atoms with E-state index in [1.54, 1.807) is 24.3 Å². The van der Waals surface area contributed by atoms with Crippen molar-refractivity contribution in [2.75, 3.05) is 11.9 Å². The Labute approximate surface area is 163 Å². The normalized spacial score (nSPS) is 10.7. The lowest BCUT2D eigenvalue weighted by atomic mass is 10.0. The molecule has 0 atom stereocenters. The van der Waals surface area contributed by atoms with E-state index in [9.17, 15) is 9.59 Å². The van der Waals surface area contributed by atoms with E-state index in [0.717, 1.165) is 10.2 Å². The van der Waals surface area contributed by atoms with Gasteiger partial charge in [0.2, 0.25) is 5.91 Å². The van der Waals surface area contributed by atoms with Gasteiger partial charge in [0.25, 0.3) is 0 Å². The maximum atomic E-state index is 12.0. The molecule has 0 aliphatic rings. The zero-order valence-electron chi connectivity index (χ0n) is 15.3. The van der Waals surface area contributed by atoms with Crippen LogP contribution in [-0.4, -0.2) is 18.3 Å². The van der Waals surface area contributed by atoms with Crippen molar-refractivity contribution in [3.8, 4) is 5.75 Å². The SMILES string of the molecule is CC(=O)c1ccc(NC(=O)CCCOc2ccc(C(C)C)cc2Br)cc1. The number of ether oxygens (including phenoxy) is 1. The molecule has 26 heavy (non-hydrogen) atoms. The molecule has 5 heteroatoms. The van der Waals surface area contributed by atoms with Crippen LogP contribution in [0.15, 0.2) is 46.9 Å². The topological polar surface area (TPSA) is 55.4 Å². The van der Waals surface area contributed by atoms with Crippen LogP contribution >= 0.6 is 15.9 Å². The molecule has 0 bridgehead atoms. The second-order valence-electron chi connectivity index (χ2n) is 6.48. The number of carbonyl (C=O) groups excluding carboxylic acids is 2. The number of ketones is 1. The fourth-order valence-corrected chi connectivity index (χ4v) is 2.93. The number of Topliss-reactive ketones (excluding diaryl/α,β-unsaturated/α-hetero) is 1. The zero-order valence-corrected chi connectivity index (χ0v) is 16.9. The molecule has 0 radical (unpaired) electrons. The fourth-order valence-electron chi connectivity index (χ4n) is 2.42. The van der Waals surface area contributed by atoms with Gasteiger partial charge < -0.3 is 10.1 Å². The van der Waals surface area contributed by atoms with Crippen LogP contribution in [0, 0.1) is 0 Å². The van der Waals surface area contributed by atoms with Crippen molar-refractivity contribution >= 4 is 33.3 Å². The first-order chi connectivity index (χ1) is 12.4. The van der Waals surface area contributed by atoms with Crippen LogP contribution in [-0.2, 0) is 4.79 Å². The highest BCUT2D eigenvalue weighted by atomic mass is 79.9. The second kappa shape index (κ2) is 9.53. The minimum Gasteiger partial charge on any atom is -0.492 e. The minimum absolute atomic E-state index is 0.00705. The van der Waals surface area contributed by atoms with Gasteiger partial charge in [-0.05, 0) is 77.2 Å². The third-order valence-electron chi connectivity index (χ3n) is 4.00. The van der Waals surface area contributed by atoms with Crippen molar-refractivity contribution in [1.29, 1.82) is 0 Å². The number of benzene rings is 2. The Kier molecular flexibility index (Phi) is 7.39. The molecule has 0 aromatic heterocycles. The van der Waals surface area contributed by atoms with Crippen LogP contribution in [0.2, 0.25) is 0 Å². The van der Waals surface area contributed by atoms with Crippen molar-refractivity contribution in [1.82, 2.24) is 0 Å². The number of halogens is 1. The Morgan fingerprint density at radius 3 is 2.38 bits per heavy atom. The number of rotatable bonds is 8. The van der Waals surface area contributed by atoms with Crippen LogP contribution < -0.4 is 10.1 Å². The summed E-state index contributed by atoms with van der Waals surface area (Å²) in [5.41, 5.74) is 2.57. The highest BCUT2D eigenvalue weighted by molar-refractivity contribution is 9.10. The molecule has 1 amide bonds. The van der Waals surface area contributed by atoms with Gasteiger partial charge in [-0.15, -0.1) is 0 Å². The molecule has 2 aromatic rings. The van der Waals surface area contributed by atoms with Crippen molar-refractivity contribution in [3.05, 3.63) is 58.1 Å². The average molecular weight is 418 g/mol. The minimum atomic E-state index is -0.0709. The summed E-state index contributed by atoms with van der Waals surface area (Å²) in [6, 6.07) is 13.0. The molecule has 1 N–H and O–H groups in total. The van der Waals surface area contributed by atoms with Crippen LogP contribution in [0.5, 0.6) is 5.75 Å². The fraction of sp³-hybridized carbons (Fsp3) is 0.333. The lowest BCUT2D eigenvalue weighted by Crippen LogP contribution is -2.13. The maximum absolute atomic E-state index is 12.0.